The Hall–Kier alpha value is 0.576. The smallest absolute Gasteiger partial charge is 1.00 e. The molecule has 13 heavy (non-hydrogen) atoms. The van der Waals surface area contributed by atoms with Gasteiger partial charge in [0.05, 0.1) is 20.3 Å². The normalized spacial score (nSPS) is 7.62. The van der Waals surface area contributed by atoms with Crippen molar-refractivity contribution in [3.05, 3.63) is 30.3 Å². The minimum atomic E-state index is -0.125. The first-order chi connectivity index (χ1) is 5.85. The van der Waals surface area contributed by atoms with Gasteiger partial charge in [0, 0.05) is 0 Å². The summed E-state index contributed by atoms with van der Waals surface area (Å²) in [6, 6.07) is 9.68. The van der Waals surface area contributed by atoms with Crippen LogP contribution in [-0.4, -0.2) is 30.5 Å². The number of hydrogen-bond donors (Lipinski definition) is 2. The van der Waals surface area contributed by atoms with Crippen molar-refractivity contribution in [2.24, 2.45) is 0 Å². The summed E-state index contributed by atoms with van der Waals surface area (Å²) in [5, 5.41) is 15.2. The van der Waals surface area contributed by atoms with Crippen molar-refractivity contribution in [3.8, 4) is 5.75 Å². The molecule has 4 heteroatoms. The summed E-state index contributed by atoms with van der Waals surface area (Å²) in [6.07, 6.45) is 0. The molecule has 0 bridgehead atoms. The summed E-state index contributed by atoms with van der Waals surface area (Å²) in [4.78, 5) is 0. The molecule has 0 aliphatic carbocycles. The van der Waals surface area contributed by atoms with Crippen molar-refractivity contribution in [1.82, 2.24) is 0 Å². The molecule has 0 saturated heterocycles. The monoisotopic (exact) mass is 210 g/mol. The van der Waals surface area contributed by atoms with Gasteiger partial charge < -0.3 is 16.4 Å². The third-order valence-electron chi connectivity index (χ3n) is 1.08. The zero-order valence-electron chi connectivity index (χ0n) is 9.10. The number of rotatable bonds is 2. The molecule has 0 amide bonds. The summed E-state index contributed by atoms with van der Waals surface area (Å²) in [6.45, 7) is -0.250. The second kappa shape index (κ2) is 12.6. The van der Waals surface area contributed by atoms with E-state index in [1.165, 1.54) is 0 Å². The Morgan fingerprint density at radius 1 is 1.15 bits per heavy atom. The molecule has 70 valence electrons. The molecule has 0 aliphatic heterocycles. The summed E-state index contributed by atoms with van der Waals surface area (Å²) < 4.78 is 4.91. The zero-order valence-corrected chi connectivity index (χ0v) is 11.2. The molecule has 2 N–H and O–H groups in total. The Bertz CT molecular complexity index is 183. The van der Waals surface area contributed by atoms with Crippen LogP contribution in [0.15, 0.2) is 30.3 Å². The predicted molar refractivity (Wildman–Crippen MR) is 48.3 cm³/mol. The summed E-state index contributed by atoms with van der Waals surface area (Å²) in [5.41, 5.74) is 0. The maximum Gasteiger partial charge on any atom is 1.00 e. The van der Waals surface area contributed by atoms with E-state index in [1.807, 2.05) is 30.3 Å². The van der Waals surface area contributed by atoms with Gasteiger partial charge in [-0.05, 0) is 12.1 Å². The summed E-state index contributed by atoms with van der Waals surface area (Å²) >= 11 is 0. The summed E-state index contributed by atoms with van der Waals surface area (Å²) in [7, 11) is 1.66. The zero-order chi connectivity index (χ0) is 9.23. The molecule has 1 aromatic carbocycles. The van der Waals surface area contributed by atoms with Crippen LogP contribution in [0.2, 0.25) is 0 Å². The van der Waals surface area contributed by atoms with E-state index in [4.69, 9.17) is 14.9 Å². The minimum Gasteiger partial charge on any atom is -1.00 e. The molecule has 0 aliphatic rings. The fourth-order valence-corrected chi connectivity index (χ4v) is 0.557. The van der Waals surface area contributed by atoms with Crippen LogP contribution in [0, 0.1) is 0 Å². The van der Waals surface area contributed by atoms with E-state index in [9.17, 15) is 0 Å². The number of methoxy groups -OCH3 is 1. The van der Waals surface area contributed by atoms with Gasteiger partial charge in [-0.15, -0.1) is 0 Å². The van der Waals surface area contributed by atoms with Gasteiger partial charge in [0.1, 0.15) is 5.75 Å². The number of benzene rings is 1. The molecule has 1 aromatic rings. The van der Waals surface area contributed by atoms with Gasteiger partial charge in [0.25, 0.3) is 0 Å². The second-order valence-corrected chi connectivity index (χ2v) is 1.96. The molecule has 0 heterocycles. The average Bonchev–Trinajstić information content (AvgIpc) is 2.19. The molecule has 0 radical (unpaired) electrons. The Kier molecular flexibility index (Phi) is 15.5. The van der Waals surface area contributed by atoms with Crippen molar-refractivity contribution in [2.45, 2.75) is 0 Å². The third-order valence-corrected chi connectivity index (χ3v) is 1.08. The van der Waals surface area contributed by atoms with Gasteiger partial charge in [-0.2, -0.15) is 0 Å². The van der Waals surface area contributed by atoms with Crippen LogP contribution in [0.3, 0.4) is 0 Å². The number of hydrogen-bond acceptors (Lipinski definition) is 3. The van der Waals surface area contributed by atoms with E-state index in [2.05, 4.69) is 0 Å². The Morgan fingerprint density at radius 2 is 1.62 bits per heavy atom. The van der Waals surface area contributed by atoms with Crippen molar-refractivity contribution in [1.29, 1.82) is 0 Å². The number of ether oxygens (including phenoxy) is 1. The van der Waals surface area contributed by atoms with Crippen molar-refractivity contribution < 1.29 is 67.8 Å². The van der Waals surface area contributed by atoms with Crippen LogP contribution in [0.5, 0.6) is 5.75 Å². The molecular weight excluding hydrogens is 195 g/mol. The van der Waals surface area contributed by atoms with Crippen LogP contribution in [-0.2, 0) is 0 Å². The Labute approximate surface area is 123 Å². The molecule has 1 rings (SSSR count). The summed E-state index contributed by atoms with van der Waals surface area (Å²) in [5.74, 6) is 0.910. The molecule has 0 fully saturated rings. The van der Waals surface area contributed by atoms with Crippen LogP contribution in [0.25, 0.3) is 0 Å². The maximum absolute atomic E-state index is 7.62. The van der Waals surface area contributed by atoms with Crippen LogP contribution >= 0.6 is 0 Å². The van der Waals surface area contributed by atoms with Crippen molar-refractivity contribution in [3.63, 3.8) is 0 Å². The SMILES string of the molecule is COc1ccccc1.OCCO.[H-].[K+]. The van der Waals surface area contributed by atoms with Gasteiger partial charge in [-0.1, -0.05) is 18.2 Å². The Morgan fingerprint density at radius 3 is 1.85 bits per heavy atom. The van der Waals surface area contributed by atoms with Crippen molar-refractivity contribution in [2.75, 3.05) is 20.3 Å². The van der Waals surface area contributed by atoms with Crippen LogP contribution in [0.4, 0.5) is 0 Å². The first-order valence-corrected chi connectivity index (χ1v) is 3.66. The van der Waals surface area contributed by atoms with E-state index in [0.29, 0.717) is 0 Å². The molecule has 0 atom stereocenters. The topological polar surface area (TPSA) is 49.7 Å². The van der Waals surface area contributed by atoms with Gasteiger partial charge in [-0.3, -0.25) is 0 Å². The largest absolute Gasteiger partial charge is 1.00 e. The van der Waals surface area contributed by atoms with E-state index >= 15 is 0 Å². The average molecular weight is 210 g/mol. The van der Waals surface area contributed by atoms with Crippen LogP contribution < -0.4 is 56.1 Å². The molecule has 0 aromatic heterocycles. The number of para-hydroxylation sites is 1. The predicted octanol–water partition coefficient (Wildman–Crippen LogP) is -2.22. The van der Waals surface area contributed by atoms with E-state index in [-0.39, 0.29) is 66.0 Å². The molecule has 3 nitrogen and oxygen atoms in total. The maximum atomic E-state index is 7.62. The Balaban J connectivity index is -0.000000180. The van der Waals surface area contributed by atoms with E-state index < -0.39 is 0 Å². The molecule has 0 unspecified atom stereocenters. The first kappa shape index (κ1) is 16.0. The molecular formula is C9H15KO3. The fourth-order valence-electron chi connectivity index (χ4n) is 0.557. The second-order valence-electron chi connectivity index (χ2n) is 1.96. The van der Waals surface area contributed by atoms with Crippen LogP contribution in [0.1, 0.15) is 1.43 Å². The third kappa shape index (κ3) is 10.5. The quantitative estimate of drug-likeness (QED) is 0.544. The number of aliphatic hydroxyl groups is 2. The van der Waals surface area contributed by atoms with Gasteiger partial charge in [0.15, 0.2) is 0 Å². The minimum absolute atomic E-state index is 0. The van der Waals surface area contributed by atoms with Gasteiger partial charge >= 0.3 is 51.4 Å². The standard InChI is InChI=1S/C7H8O.C2H6O2.K.H/c1-8-7-5-3-2-4-6-7;3-1-2-4;;/h2-6H,1H3;3-4H,1-2H2;;/q;;+1;-1. The fraction of sp³-hybridized carbons (Fsp3) is 0.333. The molecule has 0 saturated carbocycles. The molecule has 0 spiro atoms. The van der Waals surface area contributed by atoms with E-state index in [1.54, 1.807) is 7.11 Å². The van der Waals surface area contributed by atoms with E-state index in [0.717, 1.165) is 5.75 Å². The van der Waals surface area contributed by atoms with Crippen molar-refractivity contribution >= 4 is 0 Å². The first-order valence-electron chi connectivity index (χ1n) is 3.66. The van der Waals surface area contributed by atoms with Gasteiger partial charge in [0.2, 0.25) is 0 Å². The number of aliphatic hydroxyl groups excluding tert-OH is 2. The van der Waals surface area contributed by atoms with Gasteiger partial charge in [-0.25, -0.2) is 0 Å².